The largest absolute Gasteiger partial charge is 0.493 e. The summed E-state index contributed by atoms with van der Waals surface area (Å²) < 4.78 is 12.0. The summed E-state index contributed by atoms with van der Waals surface area (Å²) in [6.45, 7) is 0.197. The first-order valence-electron chi connectivity index (χ1n) is 8.34. The fourth-order valence-corrected chi connectivity index (χ4v) is 3.16. The van der Waals surface area contributed by atoms with Crippen molar-refractivity contribution < 1.29 is 19.2 Å². The normalized spacial score (nSPS) is 10.8. The predicted octanol–water partition coefficient (Wildman–Crippen LogP) is 3.78. The summed E-state index contributed by atoms with van der Waals surface area (Å²) in [5.74, 6) is 0.556. The van der Waals surface area contributed by atoms with E-state index in [0.29, 0.717) is 17.1 Å². The lowest BCUT2D eigenvalue weighted by molar-refractivity contribution is -0.384. The van der Waals surface area contributed by atoms with Gasteiger partial charge in [0.25, 0.3) is 11.6 Å². The SMILES string of the molecule is COc1cc(/C=C(/C#N)C(=O)N(C)C)cc(I)c1OCc1ccc([N+](=O)[O-])cc1. The molecule has 0 N–H and O–H groups in total. The molecule has 0 aromatic heterocycles. The molecule has 0 aliphatic carbocycles. The number of non-ortho nitro benzene ring substituents is 1. The number of nitro benzene ring substituents is 1. The smallest absolute Gasteiger partial charge is 0.269 e. The lowest BCUT2D eigenvalue weighted by Crippen LogP contribution is -2.22. The van der Waals surface area contributed by atoms with Crippen molar-refractivity contribution in [2.24, 2.45) is 0 Å². The molecule has 0 spiro atoms. The van der Waals surface area contributed by atoms with Crippen LogP contribution in [0.3, 0.4) is 0 Å². The topological polar surface area (TPSA) is 106 Å². The summed E-state index contributed by atoms with van der Waals surface area (Å²) in [7, 11) is 4.65. The molecule has 29 heavy (non-hydrogen) atoms. The summed E-state index contributed by atoms with van der Waals surface area (Å²) in [4.78, 5) is 23.7. The van der Waals surface area contributed by atoms with E-state index in [9.17, 15) is 20.2 Å². The zero-order valence-electron chi connectivity index (χ0n) is 16.0. The first-order valence-corrected chi connectivity index (χ1v) is 9.41. The Morgan fingerprint density at radius 1 is 1.31 bits per heavy atom. The minimum atomic E-state index is -0.459. The second kappa shape index (κ2) is 9.88. The number of nitro groups is 1. The molecule has 2 aromatic carbocycles. The van der Waals surface area contributed by atoms with Crippen LogP contribution in [-0.2, 0) is 11.4 Å². The minimum Gasteiger partial charge on any atom is -0.493 e. The molecule has 0 heterocycles. The van der Waals surface area contributed by atoms with E-state index < -0.39 is 4.92 Å². The van der Waals surface area contributed by atoms with E-state index in [0.717, 1.165) is 9.13 Å². The van der Waals surface area contributed by atoms with Gasteiger partial charge in [0.1, 0.15) is 18.2 Å². The third-order valence-electron chi connectivity index (χ3n) is 3.85. The highest BCUT2D eigenvalue weighted by Gasteiger charge is 2.15. The van der Waals surface area contributed by atoms with Crippen molar-refractivity contribution in [1.29, 1.82) is 5.26 Å². The van der Waals surface area contributed by atoms with Crippen LogP contribution in [0.5, 0.6) is 11.5 Å². The van der Waals surface area contributed by atoms with Crippen molar-refractivity contribution >= 4 is 40.3 Å². The van der Waals surface area contributed by atoms with Gasteiger partial charge in [-0.3, -0.25) is 14.9 Å². The average molecular weight is 507 g/mol. The quantitative estimate of drug-likeness (QED) is 0.186. The van der Waals surface area contributed by atoms with Gasteiger partial charge in [0, 0.05) is 26.2 Å². The molecule has 2 aromatic rings. The molecular formula is C20H18IN3O5. The number of nitrogens with zero attached hydrogens (tertiary/aromatic N) is 3. The zero-order valence-corrected chi connectivity index (χ0v) is 18.2. The maximum atomic E-state index is 12.0. The molecule has 2 rings (SSSR count). The van der Waals surface area contributed by atoms with Crippen molar-refractivity contribution in [2.75, 3.05) is 21.2 Å². The monoisotopic (exact) mass is 507 g/mol. The molecule has 9 heteroatoms. The van der Waals surface area contributed by atoms with Gasteiger partial charge < -0.3 is 14.4 Å². The van der Waals surface area contributed by atoms with Crippen molar-refractivity contribution in [2.45, 2.75) is 6.61 Å². The van der Waals surface area contributed by atoms with Gasteiger partial charge >= 0.3 is 0 Å². The van der Waals surface area contributed by atoms with Crippen molar-refractivity contribution in [1.82, 2.24) is 4.90 Å². The standard InChI is InChI=1S/C20H18IN3O5/c1-23(2)20(25)15(11-22)8-14-9-17(21)19(18(10-14)28-3)29-12-13-4-6-16(7-5-13)24(26)27/h4-10H,12H2,1-3H3/b15-8-. The van der Waals surface area contributed by atoms with Gasteiger partial charge in [0.05, 0.1) is 15.6 Å². The van der Waals surface area contributed by atoms with Crippen molar-refractivity contribution in [3.63, 3.8) is 0 Å². The van der Waals surface area contributed by atoms with Gasteiger partial charge in [-0.15, -0.1) is 0 Å². The fourth-order valence-electron chi connectivity index (χ4n) is 2.38. The highest BCUT2D eigenvalue weighted by atomic mass is 127. The molecule has 0 bridgehead atoms. The number of carbonyl (C=O) groups excluding carboxylic acids is 1. The van der Waals surface area contributed by atoms with E-state index in [1.165, 1.54) is 30.2 Å². The average Bonchev–Trinajstić information content (AvgIpc) is 2.70. The van der Waals surface area contributed by atoms with E-state index >= 15 is 0 Å². The number of ether oxygens (including phenoxy) is 2. The van der Waals surface area contributed by atoms with E-state index in [2.05, 4.69) is 22.6 Å². The minimum absolute atomic E-state index is 0.00685. The van der Waals surface area contributed by atoms with Gasteiger partial charge in [-0.1, -0.05) is 0 Å². The Balaban J connectivity index is 2.27. The summed E-state index contributed by atoms with van der Waals surface area (Å²) in [5.41, 5.74) is 1.41. The second-order valence-electron chi connectivity index (χ2n) is 6.12. The van der Waals surface area contributed by atoms with E-state index in [4.69, 9.17) is 9.47 Å². The lowest BCUT2D eigenvalue weighted by Gasteiger charge is -2.14. The number of hydrogen-bond acceptors (Lipinski definition) is 6. The molecule has 0 radical (unpaired) electrons. The molecule has 0 aliphatic heterocycles. The maximum absolute atomic E-state index is 12.0. The van der Waals surface area contributed by atoms with Crippen LogP contribution >= 0.6 is 22.6 Å². The van der Waals surface area contributed by atoms with Crippen LogP contribution in [0, 0.1) is 25.0 Å². The summed E-state index contributed by atoms with van der Waals surface area (Å²) in [5, 5.41) is 20.0. The Morgan fingerprint density at radius 2 is 1.97 bits per heavy atom. The molecule has 0 atom stereocenters. The van der Waals surface area contributed by atoms with Crippen LogP contribution in [0.4, 0.5) is 5.69 Å². The first-order chi connectivity index (χ1) is 13.8. The van der Waals surface area contributed by atoms with Crippen LogP contribution in [0.2, 0.25) is 0 Å². The fraction of sp³-hybridized carbons (Fsp3) is 0.200. The first kappa shape index (κ1) is 22.2. The second-order valence-corrected chi connectivity index (χ2v) is 7.28. The lowest BCUT2D eigenvalue weighted by atomic mass is 10.1. The number of amides is 1. The van der Waals surface area contributed by atoms with E-state index in [-0.39, 0.29) is 23.8 Å². The number of carbonyl (C=O) groups is 1. The number of hydrogen-bond donors (Lipinski definition) is 0. The third-order valence-corrected chi connectivity index (χ3v) is 4.65. The Bertz CT molecular complexity index is 994. The van der Waals surface area contributed by atoms with Gasteiger partial charge in [-0.25, -0.2) is 0 Å². The van der Waals surface area contributed by atoms with Crippen molar-refractivity contribution in [3.8, 4) is 17.6 Å². The summed E-state index contributed by atoms with van der Waals surface area (Å²) >= 11 is 2.08. The predicted molar refractivity (Wildman–Crippen MR) is 115 cm³/mol. The number of halogens is 1. The summed E-state index contributed by atoms with van der Waals surface area (Å²) in [6.07, 6.45) is 1.49. The van der Waals surface area contributed by atoms with Crippen LogP contribution in [0.1, 0.15) is 11.1 Å². The van der Waals surface area contributed by atoms with Gasteiger partial charge in [0.15, 0.2) is 11.5 Å². The molecule has 0 saturated heterocycles. The van der Waals surface area contributed by atoms with Crippen LogP contribution in [0.25, 0.3) is 6.08 Å². The Labute approximate surface area is 181 Å². The number of methoxy groups -OCH3 is 1. The number of rotatable bonds is 7. The van der Waals surface area contributed by atoms with E-state index in [1.807, 2.05) is 6.07 Å². The highest BCUT2D eigenvalue weighted by Crippen LogP contribution is 2.35. The van der Waals surface area contributed by atoms with Gasteiger partial charge in [-0.2, -0.15) is 5.26 Å². The van der Waals surface area contributed by atoms with Crippen LogP contribution in [0.15, 0.2) is 42.0 Å². The summed E-state index contributed by atoms with van der Waals surface area (Å²) in [6, 6.07) is 11.4. The Morgan fingerprint density at radius 3 is 2.48 bits per heavy atom. The zero-order chi connectivity index (χ0) is 21.6. The van der Waals surface area contributed by atoms with Gasteiger partial charge in [0.2, 0.25) is 0 Å². The maximum Gasteiger partial charge on any atom is 0.269 e. The Hall–Kier alpha value is -3.13. The van der Waals surface area contributed by atoms with E-state index in [1.54, 1.807) is 38.4 Å². The molecule has 1 amide bonds. The van der Waals surface area contributed by atoms with Gasteiger partial charge in [-0.05, 0) is 64.1 Å². The molecule has 150 valence electrons. The number of benzene rings is 2. The van der Waals surface area contributed by atoms with Crippen LogP contribution in [-0.4, -0.2) is 36.9 Å². The molecule has 0 aliphatic rings. The molecule has 0 fully saturated rings. The molecule has 0 unspecified atom stereocenters. The molecule has 8 nitrogen and oxygen atoms in total. The third kappa shape index (κ3) is 5.68. The van der Waals surface area contributed by atoms with Crippen LogP contribution < -0.4 is 9.47 Å². The highest BCUT2D eigenvalue weighted by molar-refractivity contribution is 14.1. The molecular weight excluding hydrogens is 489 g/mol. The molecule has 0 saturated carbocycles. The number of likely N-dealkylation sites (N-methyl/N-ethyl adjacent to an activating group) is 1. The van der Waals surface area contributed by atoms with Crippen molar-refractivity contribution in [3.05, 3.63) is 66.8 Å². The number of nitriles is 1. The Kier molecular flexibility index (Phi) is 7.55.